The Morgan fingerprint density at radius 3 is 2.62 bits per heavy atom. The molecule has 26 heavy (non-hydrogen) atoms. The predicted molar refractivity (Wildman–Crippen MR) is 98.1 cm³/mol. The van der Waals surface area contributed by atoms with Gasteiger partial charge in [-0.3, -0.25) is 9.59 Å². The lowest BCUT2D eigenvalue weighted by Crippen LogP contribution is -2.25. The third-order valence-electron chi connectivity index (χ3n) is 3.65. The van der Waals surface area contributed by atoms with Crippen molar-refractivity contribution in [1.29, 1.82) is 0 Å². The predicted octanol–water partition coefficient (Wildman–Crippen LogP) is 3.59. The molecule has 1 aliphatic heterocycles. The van der Waals surface area contributed by atoms with Crippen LogP contribution in [0.3, 0.4) is 0 Å². The van der Waals surface area contributed by atoms with Gasteiger partial charge in [0.05, 0.1) is 35.6 Å². The summed E-state index contributed by atoms with van der Waals surface area (Å²) in [6.07, 6.45) is 0. The standard InChI is InChI=1S/C17H14Cl2N2O5/c1-24-14-4-8(3-10(19)16(14)25-2)17(23)21-11-6-13-12(5-9(11)18)20-15(22)7-26-13/h3-6H,7H2,1-2H3,(H,20,22)(H,21,23). The molecule has 9 heteroatoms. The molecule has 1 aliphatic rings. The minimum Gasteiger partial charge on any atom is -0.493 e. The Morgan fingerprint density at radius 1 is 1.15 bits per heavy atom. The van der Waals surface area contributed by atoms with Gasteiger partial charge in [-0.05, 0) is 18.2 Å². The molecule has 0 fully saturated rings. The molecular formula is C17H14Cl2N2O5. The van der Waals surface area contributed by atoms with Crippen LogP contribution < -0.4 is 24.8 Å². The first-order valence-electron chi connectivity index (χ1n) is 7.42. The van der Waals surface area contributed by atoms with Crippen molar-refractivity contribution in [3.05, 3.63) is 39.9 Å². The van der Waals surface area contributed by atoms with Gasteiger partial charge in [-0.1, -0.05) is 23.2 Å². The summed E-state index contributed by atoms with van der Waals surface area (Å²) in [7, 11) is 2.90. The number of hydrogen-bond donors (Lipinski definition) is 2. The number of rotatable bonds is 4. The van der Waals surface area contributed by atoms with E-state index in [4.69, 9.17) is 37.4 Å². The van der Waals surface area contributed by atoms with Gasteiger partial charge in [-0.2, -0.15) is 0 Å². The molecule has 1 heterocycles. The average Bonchev–Trinajstić information content (AvgIpc) is 2.61. The van der Waals surface area contributed by atoms with E-state index in [1.807, 2.05) is 0 Å². The maximum atomic E-state index is 12.6. The normalized spacial score (nSPS) is 12.5. The zero-order valence-electron chi connectivity index (χ0n) is 13.8. The van der Waals surface area contributed by atoms with Crippen LogP contribution in [0.2, 0.25) is 10.0 Å². The van der Waals surface area contributed by atoms with Crippen LogP contribution in [-0.2, 0) is 4.79 Å². The van der Waals surface area contributed by atoms with Gasteiger partial charge < -0.3 is 24.8 Å². The molecule has 0 saturated heterocycles. The van der Waals surface area contributed by atoms with Crippen LogP contribution in [0.25, 0.3) is 0 Å². The van der Waals surface area contributed by atoms with E-state index in [0.717, 1.165) is 0 Å². The number of carbonyl (C=O) groups is 2. The average molecular weight is 397 g/mol. The maximum Gasteiger partial charge on any atom is 0.262 e. The number of halogens is 2. The zero-order valence-corrected chi connectivity index (χ0v) is 15.3. The maximum absolute atomic E-state index is 12.6. The largest absolute Gasteiger partial charge is 0.493 e. The summed E-state index contributed by atoms with van der Waals surface area (Å²) in [5, 5.41) is 5.81. The van der Waals surface area contributed by atoms with Crippen molar-refractivity contribution in [2.75, 3.05) is 31.5 Å². The number of hydrogen-bond acceptors (Lipinski definition) is 5. The van der Waals surface area contributed by atoms with E-state index >= 15 is 0 Å². The second-order valence-electron chi connectivity index (χ2n) is 5.31. The van der Waals surface area contributed by atoms with Crippen molar-refractivity contribution < 1.29 is 23.8 Å². The fraction of sp³-hybridized carbons (Fsp3) is 0.176. The molecule has 2 N–H and O–H groups in total. The monoisotopic (exact) mass is 396 g/mol. The fourth-order valence-electron chi connectivity index (χ4n) is 2.44. The van der Waals surface area contributed by atoms with Crippen LogP contribution in [0.15, 0.2) is 24.3 Å². The number of carbonyl (C=O) groups excluding carboxylic acids is 2. The highest BCUT2D eigenvalue weighted by Crippen LogP contribution is 2.38. The molecule has 0 atom stereocenters. The van der Waals surface area contributed by atoms with E-state index in [1.54, 1.807) is 0 Å². The first kappa shape index (κ1) is 18.2. The quantitative estimate of drug-likeness (QED) is 0.824. The highest BCUT2D eigenvalue weighted by Gasteiger charge is 2.20. The van der Waals surface area contributed by atoms with Crippen LogP contribution in [-0.4, -0.2) is 32.6 Å². The number of amides is 2. The molecule has 3 rings (SSSR count). The van der Waals surface area contributed by atoms with Crippen molar-refractivity contribution >= 4 is 46.4 Å². The molecule has 2 aromatic carbocycles. The lowest BCUT2D eigenvalue weighted by atomic mass is 10.1. The Bertz CT molecular complexity index is 901. The van der Waals surface area contributed by atoms with Crippen LogP contribution in [0.5, 0.6) is 17.2 Å². The van der Waals surface area contributed by atoms with E-state index in [1.165, 1.54) is 38.5 Å². The number of methoxy groups -OCH3 is 2. The third-order valence-corrected chi connectivity index (χ3v) is 4.24. The molecule has 0 aliphatic carbocycles. The fourth-order valence-corrected chi connectivity index (χ4v) is 2.94. The number of ether oxygens (including phenoxy) is 3. The van der Waals surface area contributed by atoms with Crippen LogP contribution in [0, 0.1) is 0 Å². The topological polar surface area (TPSA) is 85.9 Å². The summed E-state index contributed by atoms with van der Waals surface area (Å²) in [6, 6.07) is 6.01. The summed E-state index contributed by atoms with van der Waals surface area (Å²) < 4.78 is 15.7. The number of fused-ring (bicyclic) bond motifs is 1. The SMILES string of the molecule is COc1cc(C(=O)Nc2cc3c(cc2Cl)NC(=O)CO3)cc(Cl)c1OC. The summed E-state index contributed by atoms with van der Waals surface area (Å²) in [6.45, 7) is -0.104. The van der Waals surface area contributed by atoms with Crippen molar-refractivity contribution in [3.63, 3.8) is 0 Å². The minimum atomic E-state index is -0.449. The van der Waals surface area contributed by atoms with E-state index in [2.05, 4.69) is 10.6 Å². The molecule has 136 valence electrons. The Labute approximate surface area is 159 Å². The van der Waals surface area contributed by atoms with E-state index in [-0.39, 0.29) is 28.1 Å². The lowest BCUT2D eigenvalue weighted by molar-refractivity contribution is -0.118. The highest BCUT2D eigenvalue weighted by atomic mass is 35.5. The minimum absolute atomic E-state index is 0.104. The lowest BCUT2D eigenvalue weighted by Gasteiger charge is -2.19. The number of anilines is 2. The van der Waals surface area contributed by atoms with Crippen molar-refractivity contribution in [1.82, 2.24) is 0 Å². The van der Waals surface area contributed by atoms with Gasteiger partial charge in [0, 0.05) is 11.6 Å². The molecular weight excluding hydrogens is 383 g/mol. The summed E-state index contributed by atoms with van der Waals surface area (Å²) >= 11 is 12.3. The van der Waals surface area contributed by atoms with Crippen LogP contribution >= 0.6 is 23.2 Å². The molecule has 0 unspecified atom stereocenters. The van der Waals surface area contributed by atoms with E-state index < -0.39 is 5.91 Å². The first-order chi connectivity index (χ1) is 12.4. The molecule has 2 amide bonds. The molecule has 0 saturated carbocycles. The highest BCUT2D eigenvalue weighted by molar-refractivity contribution is 6.35. The molecule has 0 radical (unpaired) electrons. The Hall–Kier alpha value is -2.64. The van der Waals surface area contributed by atoms with Gasteiger partial charge in [0.2, 0.25) is 0 Å². The van der Waals surface area contributed by atoms with Gasteiger partial charge in [-0.25, -0.2) is 0 Å². The molecule has 2 aromatic rings. The smallest absolute Gasteiger partial charge is 0.262 e. The number of benzene rings is 2. The molecule has 0 aromatic heterocycles. The second-order valence-corrected chi connectivity index (χ2v) is 6.13. The van der Waals surface area contributed by atoms with Gasteiger partial charge in [0.1, 0.15) is 5.75 Å². The summed E-state index contributed by atoms with van der Waals surface area (Å²) in [4.78, 5) is 23.9. The molecule has 7 nitrogen and oxygen atoms in total. The van der Waals surface area contributed by atoms with Gasteiger partial charge in [0.15, 0.2) is 18.1 Å². The summed E-state index contributed by atoms with van der Waals surface area (Å²) in [5.74, 6) is 0.351. The molecule has 0 spiro atoms. The first-order valence-corrected chi connectivity index (χ1v) is 8.17. The van der Waals surface area contributed by atoms with Crippen molar-refractivity contribution in [2.24, 2.45) is 0 Å². The third kappa shape index (κ3) is 3.49. The molecule has 0 bridgehead atoms. The Balaban J connectivity index is 1.89. The van der Waals surface area contributed by atoms with Crippen LogP contribution in [0.4, 0.5) is 11.4 Å². The number of nitrogens with one attached hydrogen (secondary N) is 2. The Kier molecular flexibility index (Phi) is 5.11. The van der Waals surface area contributed by atoms with Gasteiger partial charge >= 0.3 is 0 Å². The van der Waals surface area contributed by atoms with E-state index in [0.29, 0.717) is 28.6 Å². The van der Waals surface area contributed by atoms with E-state index in [9.17, 15) is 9.59 Å². The van der Waals surface area contributed by atoms with Crippen molar-refractivity contribution in [3.8, 4) is 17.2 Å². The van der Waals surface area contributed by atoms with Gasteiger partial charge in [-0.15, -0.1) is 0 Å². The zero-order chi connectivity index (χ0) is 18.8. The summed E-state index contributed by atoms with van der Waals surface area (Å²) in [5.41, 5.74) is 1.03. The van der Waals surface area contributed by atoms with Crippen molar-refractivity contribution in [2.45, 2.75) is 0 Å². The Morgan fingerprint density at radius 2 is 1.92 bits per heavy atom. The van der Waals surface area contributed by atoms with Crippen LogP contribution in [0.1, 0.15) is 10.4 Å². The second kappa shape index (κ2) is 7.31. The van der Waals surface area contributed by atoms with Gasteiger partial charge in [0.25, 0.3) is 11.8 Å².